The minimum absolute atomic E-state index is 0.0188. The first kappa shape index (κ1) is 15.3. The minimum atomic E-state index is -1.09. The van der Waals surface area contributed by atoms with Gasteiger partial charge < -0.3 is 9.67 Å². The van der Waals surface area contributed by atoms with E-state index < -0.39 is 11.5 Å². The lowest BCUT2D eigenvalue weighted by molar-refractivity contribution is 0.0684. The van der Waals surface area contributed by atoms with Gasteiger partial charge in [-0.05, 0) is 19.3 Å². The molecule has 6 heteroatoms. The Labute approximate surface area is 123 Å². The van der Waals surface area contributed by atoms with Crippen molar-refractivity contribution in [2.75, 3.05) is 0 Å². The first-order valence-electron chi connectivity index (χ1n) is 7.40. The van der Waals surface area contributed by atoms with Crippen LogP contribution in [0.25, 0.3) is 5.65 Å². The fourth-order valence-electron chi connectivity index (χ4n) is 2.67. The Kier molecular flexibility index (Phi) is 4.45. The highest BCUT2D eigenvalue weighted by Crippen LogP contribution is 2.22. The quantitative estimate of drug-likeness (QED) is 0.887. The average Bonchev–Trinajstić information content (AvgIpc) is 2.88. The molecule has 0 fully saturated rings. The molecule has 2 rings (SSSR count). The lowest BCUT2D eigenvalue weighted by Gasteiger charge is -2.10. The smallest absolute Gasteiger partial charge is 0.352 e. The molecule has 0 aliphatic rings. The van der Waals surface area contributed by atoms with Crippen molar-refractivity contribution in [2.45, 2.75) is 52.5 Å². The molecule has 0 bridgehead atoms. The molecule has 0 saturated carbocycles. The molecule has 2 aromatic heterocycles. The van der Waals surface area contributed by atoms with E-state index in [-0.39, 0.29) is 11.6 Å². The predicted octanol–water partition coefficient (Wildman–Crippen LogP) is 2.51. The Balaban J connectivity index is 2.74. The summed E-state index contributed by atoms with van der Waals surface area (Å²) >= 11 is 0. The van der Waals surface area contributed by atoms with Gasteiger partial charge in [-0.1, -0.05) is 20.8 Å². The zero-order valence-electron chi connectivity index (χ0n) is 12.7. The Morgan fingerprint density at radius 2 is 1.95 bits per heavy atom. The van der Waals surface area contributed by atoms with Crippen LogP contribution in [0.15, 0.2) is 16.9 Å². The van der Waals surface area contributed by atoms with Gasteiger partial charge in [0.15, 0.2) is 0 Å². The van der Waals surface area contributed by atoms with Crippen molar-refractivity contribution >= 4 is 11.6 Å². The van der Waals surface area contributed by atoms with Crippen molar-refractivity contribution in [3.63, 3.8) is 0 Å². The lowest BCUT2D eigenvalue weighted by Crippen LogP contribution is -2.23. The number of aryl methyl sites for hydroxylation is 1. The molecular weight excluding hydrogens is 270 g/mol. The second-order valence-corrected chi connectivity index (χ2v) is 5.18. The number of carbonyl (C=O) groups is 1. The molecule has 1 N–H and O–H groups in total. The monoisotopic (exact) mass is 291 g/mol. The Bertz CT molecular complexity index is 711. The van der Waals surface area contributed by atoms with Gasteiger partial charge in [0.25, 0.3) is 5.56 Å². The molecule has 2 aromatic rings. The zero-order chi connectivity index (χ0) is 15.6. The zero-order valence-corrected chi connectivity index (χ0v) is 12.7. The molecule has 0 radical (unpaired) electrons. The molecule has 0 aliphatic heterocycles. The van der Waals surface area contributed by atoms with Crippen molar-refractivity contribution in [2.24, 2.45) is 0 Å². The molecule has 0 unspecified atom stereocenters. The molecule has 0 atom stereocenters. The second-order valence-electron chi connectivity index (χ2n) is 5.18. The summed E-state index contributed by atoms with van der Waals surface area (Å²) in [5.41, 5.74) is 1.03. The van der Waals surface area contributed by atoms with Gasteiger partial charge in [0.2, 0.25) is 0 Å². The van der Waals surface area contributed by atoms with Crippen molar-refractivity contribution in [1.29, 1.82) is 0 Å². The van der Waals surface area contributed by atoms with Crippen LogP contribution in [-0.4, -0.2) is 25.3 Å². The predicted molar refractivity (Wildman–Crippen MR) is 80.0 cm³/mol. The number of aromatic carboxylic acids is 1. The molecule has 21 heavy (non-hydrogen) atoms. The van der Waals surface area contributed by atoms with Crippen LogP contribution >= 0.6 is 0 Å². The number of fused-ring (bicyclic) bond motifs is 1. The van der Waals surface area contributed by atoms with Gasteiger partial charge in [-0.15, -0.1) is 0 Å². The van der Waals surface area contributed by atoms with Gasteiger partial charge in [-0.2, -0.15) is 9.61 Å². The number of aromatic nitrogens is 3. The fraction of sp³-hybridized carbons (Fsp3) is 0.533. The maximum atomic E-state index is 12.1. The third-order valence-electron chi connectivity index (χ3n) is 3.82. The summed E-state index contributed by atoms with van der Waals surface area (Å²) in [6.07, 6.45) is 2.66. The van der Waals surface area contributed by atoms with Crippen LogP contribution in [0.4, 0.5) is 0 Å². The van der Waals surface area contributed by atoms with Crippen LogP contribution in [0.3, 0.4) is 0 Å². The second kappa shape index (κ2) is 6.11. The van der Waals surface area contributed by atoms with E-state index in [0.717, 1.165) is 31.0 Å². The third kappa shape index (κ3) is 2.70. The summed E-state index contributed by atoms with van der Waals surface area (Å²) in [5.74, 6) is -0.805. The number of nitrogens with zero attached hydrogens (tertiary/aromatic N) is 3. The SMILES string of the molecule is CCCn1c(C(=O)O)cc(=O)n2nc(C(CC)CC)cc12. The normalized spacial score (nSPS) is 11.4. The van der Waals surface area contributed by atoms with Crippen molar-refractivity contribution < 1.29 is 9.90 Å². The highest BCUT2D eigenvalue weighted by molar-refractivity contribution is 5.86. The molecule has 0 amide bonds. The fourth-order valence-corrected chi connectivity index (χ4v) is 2.67. The molecule has 0 aliphatic carbocycles. The Hall–Kier alpha value is -2.11. The first-order valence-corrected chi connectivity index (χ1v) is 7.40. The Morgan fingerprint density at radius 1 is 1.29 bits per heavy atom. The summed E-state index contributed by atoms with van der Waals surface area (Å²) in [5, 5.41) is 13.7. The highest BCUT2D eigenvalue weighted by Gasteiger charge is 2.18. The molecule has 0 saturated heterocycles. The average molecular weight is 291 g/mol. The van der Waals surface area contributed by atoms with Crippen molar-refractivity contribution in [3.05, 3.63) is 33.9 Å². The van der Waals surface area contributed by atoms with Crippen LogP contribution in [0.5, 0.6) is 0 Å². The van der Waals surface area contributed by atoms with E-state index in [1.54, 1.807) is 4.57 Å². The van der Waals surface area contributed by atoms with E-state index in [2.05, 4.69) is 18.9 Å². The summed E-state index contributed by atoms with van der Waals surface area (Å²) in [6.45, 7) is 6.68. The number of hydrogen-bond donors (Lipinski definition) is 1. The van der Waals surface area contributed by atoms with Crippen LogP contribution < -0.4 is 5.56 Å². The highest BCUT2D eigenvalue weighted by atomic mass is 16.4. The van der Waals surface area contributed by atoms with Crippen LogP contribution in [0.2, 0.25) is 0 Å². The summed E-state index contributed by atoms with van der Waals surface area (Å²) in [4.78, 5) is 23.5. The molecule has 2 heterocycles. The number of rotatable bonds is 6. The summed E-state index contributed by atoms with van der Waals surface area (Å²) in [6, 6.07) is 3.00. The molecular formula is C15H21N3O3. The van der Waals surface area contributed by atoms with Crippen molar-refractivity contribution in [1.82, 2.24) is 14.2 Å². The van der Waals surface area contributed by atoms with Crippen LogP contribution in [-0.2, 0) is 6.54 Å². The van der Waals surface area contributed by atoms with Gasteiger partial charge in [0.05, 0.1) is 5.69 Å². The topological polar surface area (TPSA) is 76.6 Å². The largest absolute Gasteiger partial charge is 0.477 e. The summed E-state index contributed by atoms with van der Waals surface area (Å²) in [7, 11) is 0. The molecule has 0 spiro atoms. The lowest BCUT2D eigenvalue weighted by atomic mass is 10.00. The van der Waals surface area contributed by atoms with E-state index in [9.17, 15) is 14.7 Å². The standard InChI is InChI=1S/C15H21N3O3/c1-4-7-17-12(15(20)21)9-14(19)18-13(17)8-11(16-18)10(5-2)6-3/h8-10H,4-7H2,1-3H3,(H,20,21). The van der Waals surface area contributed by atoms with Crippen LogP contribution in [0.1, 0.15) is 62.1 Å². The molecule has 0 aromatic carbocycles. The van der Waals surface area contributed by atoms with E-state index in [0.29, 0.717) is 12.2 Å². The summed E-state index contributed by atoms with van der Waals surface area (Å²) < 4.78 is 2.97. The minimum Gasteiger partial charge on any atom is -0.477 e. The van der Waals surface area contributed by atoms with E-state index in [1.807, 2.05) is 13.0 Å². The van der Waals surface area contributed by atoms with Gasteiger partial charge in [0, 0.05) is 24.6 Å². The Morgan fingerprint density at radius 3 is 2.48 bits per heavy atom. The van der Waals surface area contributed by atoms with Crippen molar-refractivity contribution in [3.8, 4) is 0 Å². The first-order chi connectivity index (χ1) is 10.0. The van der Waals surface area contributed by atoms with Gasteiger partial charge in [-0.25, -0.2) is 4.79 Å². The van der Waals surface area contributed by atoms with Gasteiger partial charge in [0.1, 0.15) is 11.3 Å². The van der Waals surface area contributed by atoms with E-state index in [4.69, 9.17) is 0 Å². The van der Waals surface area contributed by atoms with Gasteiger partial charge in [-0.3, -0.25) is 4.79 Å². The number of carboxylic acids is 1. The number of carboxylic acid groups (broad SMARTS) is 1. The molecule has 6 nitrogen and oxygen atoms in total. The van der Waals surface area contributed by atoms with E-state index >= 15 is 0 Å². The van der Waals surface area contributed by atoms with E-state index in [1.165, 1.54) is 4.52 Å². The maximum absolute atomic E-state index is 12.1. The number of hydrogen-bond acceptors (Lipinski definition) is 3. The maximum Gasteiger partial charge on any atom is 0.352 e. The third-order valence-corrected chi connectivity index (χ3v) is 3.82. The van der Waals surface area contributed by atoms with Crippen LogP contribution in [0, 0.1) is 0 Å². The van der Waals surface area contributed by atoms with Gasteiger partial charge >= 0.3 is 5.97 Å². The molecule has 114 valence electrons.